The SMILES string of the molecule is CCCCOc1ccc(/C(O)=C2\C(=O)C(=O)N(Cc3cccnc3)[C@H]2c2ccc(O)cc2)c(C)c1. The summed E-state index contributed by atoms with van der Waals surface area (Å²) in [7, 11) is 0. The number of benzene rings is 2. The number of aryl methyl sites for hydroxylation is 1. The van der Waals surface area contributed by atoms with Gasteiger partial charge in [0.1, 0.15) is 17.3 Å². The Labute approximate surface area is 204 Å². The molecule has 2 N–H and O–H groups in total. The zero-order chi connectivity index (χ0) is 24.9. The molecule has 1 saturated heterocycles. The van der Waals surface area contributed by atoms with E-state index < -0.39 is 17.7 Å². The molecule has 0 spiro atoms. The molecule has 0 aliphatic carbocycles. The van der Waals surface area contributed by atoms with E-state index in [1.165, 1.54) is 17.0 Å². The Morgan fingerprint density at radius 1 is 1.11 bits per heavy atom. The van der Waals surface area contributed by atoms with E-state index in [0.29, 0.717) is 23.5 Å². The summed E-state index contributed by atoms with van der Waals surface area (Å²) in [6, 6.07) is 14.3. The number of carbonyl (C=O) groups excluding carboxylic acids is 2. The van der Waals surface area contributed by atoms with Crippen LogP contribution < -0.4 is 4.74 Å². The Morgan fingerprint density at radius 3 is 2.54 bits per heavy atom. The van der Waals surface area contributed by atoms with Gasteiger partial charge in [0.15, 0.2) is 0 Å². The van der Waals surface area contributed by atoms with Crippen LogP contribution in [0.15, 0.2) is 72.6 Å². The summed E-state index contributed by atoms with van der Waals surface area (Å²) < 4.78 is 5.75. The number of likely N-dealkylation sites (tertiary alicyclic amines) is 1. The molecule has 0 saturated carbocycles. The number of nitrogens with zero attached hydrogens (tertiary/aromatic N) is 2. The van der Waals surface area contributed by atoms with Crippen molar-refractivity contribution in [2.24, 2.45) is 0 Å². The van der Waals surface area contributed by atoms with Crippen LogP contribution in [0.3, 0.4) is 0 Å². The topological polar surface area (TPSA) is 100.0 Å². The summed E-state index contributed by atoms with van der Waals surface area (Å²) in [4.78, 5) is 31.9. The normalized spacial score (nSPS) is 17.1. The van der Waals surface area contributed by atoms with Gasteiger partial charge in [-0.25, -0.2) is 0 Å². The van der Waals surface area contributed by atoms with E-state index in [2.05, 4.69) is 11.9 Å². The van der Waals surface area contributed by atoms with Gasteiger partial charge < -0.3 is 19.8 Å². The highest BCUT2D eigenvalue weighted by Crippen LogP contribution is 2.41. The van der Waals surface area contributed by atoms with Crippen molar-refractivity contribution in [3.63, 3.8) is 0 Å². The lowest BCUT2D eigenvalue weighted by molar-refractivity contribution is -0.140. The molecule has 0 unspecified atom stereocenters. The van der Waals surface area contributed by atoms with Crippen LogP contribution in [0.4, 0.5) is 0 Å². The van der Waals surface area contributed by atoms with Crippen LogP contribution in [0.1, 0.15) is 48.1 Å². The fraction of sp³-hybridized carbons (Fsp3) is 0.250. The Bertz CT molecular complexity index is 1250. The maximum absolute atomic E-state index is 13.2. The van der Waals surface area contributed by atoms with Gasteiger partial charge >= 0.3 is 0 Å². The lowest BCUT2D eigenvalue weighted by atomic mass is 9.93. The number of Topliss-reactive ketones (excluding diaryl/α,β-unsaturated/α-hetero) is 1. The predicted molar refractivity (Wildman–Crippen MR) is 132 cm³/mol. The van der Waals surface area contributed by atoms with E-state index in [-0.39, 0.29) is 23.6 Å². The zero-order valence-electron chi connectivity index (χ0n) is 19.8. The summed E-state index contributed by atoms with van der Waals surface area (Å²) in [5, 5.41) is 21.1. The number of hydrogen-bond donors (Lipinski definition) is 2. The average Bonchev–Trinajstić information content (AvgIpc) is 3.10. The van der Waals surface area contributed by atoms with Crippen molar-refractivity contribution < 1.29 is 24.5 Å². The third-order valence-corrected chi connectivity index (χ3v) is 6.04. The standard InChI is InChI=1S/C28H28N2O5/c1-3-4-14-35-22-11-12-23(18(2)15-22)26(32)24-25(20-7-9-21(31)10-8-20)30(28(34)27(24)33)17-19-6-5-13-29-16-19/h5-13,15-16,25,31-32H,3-4,14,17H2,1-2H3/b26-24+/t25-/m0/s1. The van der Waals surface area contributed by atoms with Crippen molar-refractivity contribution in [2.75, 3.05) is 6.61 Å². The number of aliphatic hydroxyl groups excluding tert-OH is 1. The van der Waals surface area contributed by atoms with E-state index in [9.17, 15) is 19.8 Å². The second-order valence-corrected chi connectivity index (χ2v) is 8.56. The van der Waals surface area contributed by atoms with E-state index in [1.54, 1.807) is 42.7 Å². The summed E-state index contributed by atoms with van der Waals surface area (Å²) >= 11 is 0. The van der Waals surface area contributed by atoms with Crippen molar-refractivity contribution in [1.29, 1.82) is 0 Å². The minimum atomic E-state index is -0.823. The molecule has 1 fully saturated rings. The third kappa shape index (κ3) is 5.04. The predicted octanol–water partition coefficient (Wildman–Crippen LogP) is 4.90. The number of unbranched alkanes of at least 4 members (excludes halogenated alkanes) is 1. The van der Waals surface area contributed by atoms with Crippen molar-refractivity contribution in [2.45, 2.75) is 39.3 Å². The molecule has 0 radical (unpaired) electrons. The smallest absolute Gasteiger partial charge is 0.295 e. The summed E-state index contributed by atoms with van der Waals surface area (Å²) in [6.07, 6.45) is 5.23. The Morgan fingerprint density at radius 2 is 1.89 bits per heavy atom. The number of aliphatic hydroxyl groups is 1. The van der Waals surface area contributed by atoms with Crippen LogP contribution in [0.2, 0.25) is 0 Å². The Hall–Kier alpha value is -4.13. The number of aromatic nitrogens is 1. The highest BCUT2D eigenvalue weighted by Gasteiger charge is 2.46. The zero-order valence-corrected chi connectivity index (χ0v) is 19.8. The first-order chi connectivity index (χ1) is 16.9. The number of aromatic hydroxyl groups is 1. The molecule has 2 aromatic carbocycles. The maximum Gasteiger partial charge on any atom is 0.295 e. The lowest BCUT2D eigenvalue weighted by Crippen LogP contribution is -2.29. The largest absolute Gasteiger partial charge is 0.508 e. The first kappa shape index (κ1) is 24.0. The van der Waals surface area contributed by atoms with Crippen LogP contribution in [0.5, 0.6) is 11.5 Å². The van der Waals surface area contributed by atoms with Gasteiger partial charge in [-0.15, -0.1) is 0 Å². The third-order valence-electron chi connectivity index (χ3n) is 6.04. The molecule has 7 nitrogen and oxygen atoms in total. The monoisotopic (exact) mass is 472 g/mol. The Balaban J connectivity index is 1.78. The molecule has 35 heavy (non-hydrogen) atoms. The van der Waals surface area contributed by atoms with Gasteiger partial charge in [0.2, 0.25) is 0 Å². The van der Waals surface area contributed by atoms with E-state index in [4.69, 9.17) is 4.74 Å². The number of carbonyl (C=O) groups is 2. The minimum Gasteiger partial charge on any atom is -0.508 e. The van der Waals surface area contributed by atoms with Gasteiger partial charge in [-0.1, -0.05) is 31.5 Å². The molecule has 180 valence electrons. The second-order valence-electron chi connectivity index (χ2n) is 8.56. The van der Waals surface area contributed by atoms with Crippen LogP contribution in [-0.4, -0.2) is 38.4 Å². The van der Waals surface area contributed by atoms with Crippen LogP contribution in [0.25, 0.3) is 5.76 Å². The van der Waals surface area contributed by atoms with Gasteiger partial charge in [0.25, 0.3) is 11.7 Å². The van der Waals surface area contributed by atoms with Crippen molar-refractivity contribution >= 4 is 17.4 Å². The lowest BCUT2D eigenvalue weighted by Gasteiger charge is -2.25. The number of ketones is 1. The number of pyridine rings is 1. The minimum absolute atomic E-state index is 0.00679. The number of phenols is 1. The molecule has 4 rings (SSSR count). The van der Waals surface area contributed by atoms with Gasteiger partial charge in [0, 0.05) is 24.5 Å². The summed E-state index contributed by atoms with van der Waals surface area (Å²) in [5.41, 5.74) is 2.54. The Kier molecular flexibility index (Phi) is 7.15. The fourth-order valence-electron chi connectivity index (χ4n) is 4.21. The van der Waals surface area contributed by atoms with Gasteiger partial charge in [-0.3, -0.25) is 14.6 Å². The summed E-state index contributed by atoms with van der Waals surface area (Å²) in [5.74, 6) is -0.961. The molecular formula is C28H28N2O5. The highest BCUT2D eigenvalue weighted by atomic mass is 16.5. The quantitative estimate of drug-likeness (QED) is 0.209. The van der Waals surface area contributed by atoms with Gasteiger partial charge in [-0.05, 0) is 66.4 Å². The van der Waals surface area contributed by atoms with Crippen molar-refractivity contribution in [3.8, 4) is 11.5 Å². The molecule has 3 aromatic rings. The molecular weight excluding hydrogens is 444 g/mol. The number of phenolic OH excluding ortho intramolecular Hbond substituents is 1. The number of ether oxygens (including phenoxy) is 1. The van der Waals surface area contributed by atoms with Crippen molar-refractivity contribution in [3.05, 3.63) is 94.8 Å². The molecule has 1 aliphatic rings. The summed E-state index contributed by atoms with van der Waals surface area (Å²) in [6.45, 7) is 4.65. The van der Waals surface area contributed by atoms with E-state index in [1.807, 2.05) is 19.1 Å². The maximum atomic E-state index is 13.2. The molecule has 2 heterocycles. The van der Waals surface area contributed by atoms with Gasteiger partial charge in [0.05, 0.1) is 18.2 Å². The van der Waals surface area contributed by atoms with Crippen LogP contribution in [-0.2, 0) is 16.1 Å². The number of hydrogen-bond acceptors (Lipinski definition) is 6. The first-order valence-electron chi connectivity index (χ1n) is 11.6. The molecule has 1 atom stereocenters. The van der Waals surface area contributed by atoms with E-state index in [0.717, 1.165) is 24.0 Å². The van der Waals surface area contributed by atoms with Crippen molar-refractivity contribution in [1.82, 2.24) is 9.88 Å². The van der Waals surface area contributed by atoms with Crippen LogP contribution in [0, 0.1) is 6.92 Å². The molecule has 1 aliphatic heterocycles. The molecule has 1 amide bonds. The molecule has 0 bridgehead atoms. The number of amides is 1. The number of rotatable bonds is 8. The van der Waals surface area contributed by atoms with Gasteiger partial charge in [-0.2, -0.15) is 0 Å². The fourth-order valence-corrected chi connectivity index (χ4v) is 4.21. The molecule has 7 heteroatoms. The van der Waals surface area contributed by atoms with Crippen LogP contribution >= 0.6 is 0 Å². The molecule has 1 aromatic heterocycles. The average molecular weight is 473 g/mol. The second kappa shape index (κ2) is 10.4. The first-order valence-corrected chi connectivity index (χ1v) is 11.6. The van der Waals surface area contributed by atoms with E-state index >= 15 is 0 Å². The highest BCUT2D eigenvalue weighted by molar-refractivity contribution is 6.46.